The lowest BCUT2D eigenvalue weighted by atomic mass is 9.98. The number of halogens is 3. The van der Waals surface area contributed by atoms with Gasteiger partial charge in [-0.2, -0.15) is 0 Å². The van der Waals surface area contributed by atoms with Crippen LogP contribution in [0.25, 0.3) is 0 Å². The molecule has 1 fully saturated rings. The van der Waals surface area contributed by atoms with E-state index in [-0.39, 0.29) is 17.7 Å². The Bertz CT molecular complexity index is 602. The Kier molecular flexibility index (Phi) is 5.62. The van der Waals surface area contributed by atoms with Crippen molar-refractivity contribution in [3.05, 3.63) is 29.6 Å². The second-order valence-electron chi connectivity index (χ2n) is 7.06. The fourth-order valence-electron chi connectivity index (χ4n) is 2.64. The number of carbonyl (C=O) groups is 1. The van der Waals surface area contributed by atoms with Gasteiger partial charge < -0.3 is 15.0 Å². The molecule has 0 spiro atoms. The van der Waals surface area contributed by atoms with Crippen LogP contribution in [0.5, 0.6) is 0 Å². The van der Waals surface area contributed by atoms with Gasteiger partial charge in [0.1, 0.15) is 11.4 Å². The van der Waals surface area contributed by atoms with Crippen LogP contribution in [0.4, 0.5) is 23.7 Å². The number of rotatable bonds is 3. The van der Waals surface area contributed by atoms with E-state index in [1.165, 1.54) is 0 Å². The average Bonchev–Trinajstić information content (AvgIpc) is 2.48. The predicted octanol–water partition coefficient (Wildman–Crippen LogP) is 4.16. The highest BCUT2D eigenvalue weighted by Gasteiger charge is 2.27. The number of carbonyl (C=O) groups excluding carboxylic acids is 1. The van der Waals surface area contributed by atoms with E-state index in [4.69, 9.17) is 4.74 Å². The van der Waals surface area contributed by atoms with Crippen molar-refractivity contribution in [2.75, 3.05) is 25.0 Å². The Hall–Kier alpha value is -1.92. The summed E-state index contributed by atoms with van der Waals surface area (Å²) < 4.78 is 45.1. The average molecular weight is 344 g/mol. The van der Waals surface area contributed by atoms with Crippen LogP contribution in [0.1, 0.15) is 33.6 Å². The van der Waals surface area contributed by atoms with Crippen LogP contribution in [-0.4, -0.2) is 36.2 Å². The van der Waals surface area contributed by atoms with Gasteiger partial charge in [0.2, 0.25) is 0 Å². The molecule has 4 nitrogen and oxygen atoms in total. The highest BCUT2D eigenvalue weighted by molar-refractivity contribution is 5.68. The molecule has 0 bridgehead atoms. The van der Waals surface area contributed by atoms with E-state index < -0.39 is 23.1 Å². The number of amides is 1. The molecule has 7 heteroatoms. The molecule has 1 saturated heterocycles. The molecule has 1 heterocycles. The Morgan fingerprint density at radius 3 is 2.58 bits per heavy atom. The topological polar surface area (TPSA) is 41.6 Å². The first-order chi connectivity index (χ1) is 11.2. The molecule has 0 saturated carbocycles. The Balaban J connectivity index is 1.92. The van der Waals surface area contributed by atoms with Gasteiger partial charge in [0.25, 0.3) is 0 Å². The highest BCUT2D eigenvalue weighted by Crippen LogP contribution is 2.22. The van der Waals surface area contributed by atoms with Crippen molar-refractivity contribution in [3.63, 3.8) is 0 Å². The molecule has 24 heavy (non-hydrogen) atoms. The molecule has 1 N–H and O–H groups in total. The summed E-state index contributed by atoms with van der Waals surface area (Å²) in [7, 11) is 0. The maximum atomic E-state index is 13.6. The van der Waals surface area contributed by atoms with Crippen molar-refractivity contribution in [3.8, 4) is 0 Å². The van der Waals surface area contributed by atoms with E-state index >= 15 is 0 Å². The first-order valence-electron chi connectivity index (χ1n) is 8.02. The minimum Gasteiger partial charge on any atom is -0.444 e. The summed E-state index contributed by atoms with van der Waals surface area (Å²) in [5, 5.41) is 2.80. The van der Waals surface area contributed by atoms with Gasteiger partial charge in [0.15, 0.2) is 11.6 Å². The van der Waals surface area contributed by atoms with E-state index in [1.807, 2.05) is 0 Å². The zero-order chi connectivity index (χ0) is 17.9. The number of anilines is 1. The van der Waals surface area contributed by atoms with E-state index in [0.717, 1.165) is 18.9 Å². The van der Waals surface area contributed by atoms with Crippen molar-refractivity contribution in [2.45, 2.75) is 39.2 Å². The molecule has 0 radical (unpaired) electrons. The Labute approximate surface area is 140 Å². The number of ether oxygens (including phenoxy) is 1. The highest BCUT2D eigenvalue weighted by atomic mass is 19.2. The minimum atomic E-state index is -1.22. The summed E-state index contributed by atoms with van der Waals surface area (Å²) in [6.07, 6.45) is 1.30. The van der Waals surface area contributed by atoms with Crippen molar-refractivity contribution in [1.82, 2.24) is 4.90 Å². The molecule has 2 rings (SSSR count). The number of hydrogen-bond donors (Lipinski definition) is 1. The quantitative estimate of drug-likeness (QED) is 0.837. The second kappa shape index (κ2) is 7.32. The summed E-state index contributed by atoms with van der Waals surface area (Å²) in [5.74, 6) is -3.07. The zero-order valence-electron chi connectivity index (χ0n) is 14.2. The normalized spacial score (nSPS) is 18.4. The fourth-order valence-corrected chi connectivity index (χ4v) is 2.64. The number of nitrogens with zero attached hydrogens (tertiary/aromatic N) is 1. The molecular weight excluding hydrogens is 321 g/mol. The smallest absolute Gasteiger partial charge is 0.410 e. The minimum absolute atomic E-state index is 0.0803. The number of nitrogens with one attached hydrogen (secondary N) is 1. The lowest BCUT2D eigenvalue weighted by Gasteiger charge is -2.34. The third-order valence-corrected chi connectivity index (χ3v) is 3.76. The number of benzene rings is 1. The first kappa shape index (κ1) is 18.4. The number of hydrogen-bond acceptors (Lipinski definition) is 3. The molecule has 1 amide bonds. The van der Waals surface area contributed by atoms with Crippen LogP contribution < -0.4 is 5.32 Å². The Morgan fingerprint density at radius 2 is 1.92 bits per heavy atom. The standard InChI is InChI=1S/C17H23F3N2O2/c1-17(2,3)24-16(23)22-6-4-5-11(10-22)9-21-15-8-13(19)12(18)7-14(15)20/h7-8,11,21H,4-6,9-10H2,1-3H3. The second-order valence-corrected chi connectivity index (χ2v) is 7.06. The van der Waals surface area contributed by atoms with Gasteiger partial charge in [0.05, 0.1) is 5.69 Å². The van der Waals surface area contributed by atoms with Gasteiger partial charge in [-0.3, -0.25) is 0 Å². The van der Waals surface area contributed by atoms with Gasteiger partial charge in [-0.25, -0.2) is 18.0 Å². The lowest BCUT2D eigenvalue weighted by molar-refractivity contribution is 0.0172. The number of piperidine rings is 1. The summed E-state index contributed by atoms with van der Waals surface area (Å²) in [5.41, 5.74) is -0.639. The lowest BCUT2D eigenvalue weighted by Crippen LogP contribution is -2.44. The monoisotopic (exact) mass is 344 g/mol. The molecule has 134 valence electrons. The Morgan fingerprint density at radius 1 is 1.25 bits per heavy atom. The van der Waals surface area contributed by atoms with Gasteiger partial charge in [-0.15, -0.1) is 0 Å². The molecule has 0 aliphatic carbocycles. The SMILES string of the molecule is CC(C)(C)OC(=O)N1CCCC(CNc2cc(F)c(F)cc2F)C1. The van der Waals surface area contributed by atoms with E-state index in [2.05, 4.69) is 5.32 Å². The molecule has 1 aromatic rings. The van der Waals surface area contributed by atoms with Crippen LogP contribution in [0, 0.1) is 23.4 Å². The molecule has 1 aromatic carbocycles. The van der Waals surface area contributed by atoms with Crippen molar-refractivity contribution >= 4 is 11.8 Å². The third-order valence-electron chi connectivity index (χ3n) is 3.76. The zero-order valence-corrected chi connectivity index (χ0v) is 14.2. The van der Waals surface area contributed by atoms with Crippen LogP contribution in [0.3, 0.4) is 0 Å². The molecule has 1 atom stereocenters. The van der Waals surface area contributed by atoms with E-state index in [1.54, 1.807) is 25.7 Å². The summed E-state index contributed by atoms with van der Waals surface area (Å²) in [6, 6.07) is 1.32. The molecule has 0 aromatic heterocycles. The van der Waals surface area contributed by atoms with E-state index in [9.17, 15) is 18.0 Å². The van der Waals surface area contributed by atoms with Gasteiger partial charge in [-0.1, -0.05) is 0 Å². The first-order valence-corrected chi connectivity index (χ1v) is 8.02. The van der Waals surface area contributed by atoms with Gasteiger partial charge >= 0.3 is 6.09 Å². The van der Waals surface area contributed by atoms with E-state index in [0.29, 0.717) is 25.7 Å². The fraction of sp³-hybridized carbons (Fsp3) is 0.588. The summed E-state index contributed by atoms with van der Waals surface area (Å²) in [6.45, 7) is 6.87. The largest absolute Gasteiger partial charge is 0.444 e. The van der Waals surface area contributed by atoms with Gasteiger partial charge in [0, 0.05) is 31.8 Å². The maximum Gasteiger partial charge on any atom is 0.410 e. The van der Waals surface area contributed by atoms with Crippen molar-refractivity contribution in [2.24, 2.45) is 5.92 Å². The molecule has 1 aliphatic heterocycles. The van der Waals surface area contributed by atoms with Crippen LogP contribution in [0.15, 0.2) is 12.1 Å². The predicted molar refractivity (Wildman–Crippen MR) is 85.3 cm³/mol. The third kappa shape index (κ3) is 5.04. The summed E-state index contributed by atoms with van der Waals surface area (Å²) >= 11 is 0. The number of likely N-dealkylation sites (tertiary alicyclic amines) is 1. The van der Waals surface area contributed by atoms with Crippen molar-refractivity contribution < 1.29 is 22.7 Å². The van der Waals surface area contributed by atoms with Gasteiger partial charge in [-0.05, 0) is 39.5 Å². The summed E-state index contributed by atoms with van der Waals surface area (Å²) in [4.78, 5) is 13.7. The van der Waals surface area contributed by atoms with Crippen LogP contribution >= 0.6 is 0 Å². The molecule has 1 aliphatic rings. The van der Waals surface area contributed by atoms with Crippen molar-refractivity contribution in [1.29, 1.82) is 0 Å². The molecular formula is C17H23F3N2O2. The van der Waals surface area contributed by atoms with Crippen LogP contribution in [-0.2, 0) is 4.74 Å². The van der Waals surface area contributed by atoms with Crippen LogP contribution in [0.2, 0.25) is 0 Å². The maximum absolute atomic E-state index is 13.6. The molecule has 1 unspecified atom stereocenters.